The van der Waals surface area contributed by atoms with Gasteiger partial charge in [0.2, 0.25) is 5.91 Å². The van der Waals surface area contributed by atoms with Gasteiger partial charge in [-0.05, 0) is 44.4 Å². The molecular weight excluding hydrogens is 328 g/mol. The van der Waals surface area contributed by atoms with Gasteiger partial charge in [0.25, 0.3) is 0 Å². The molecule has 3 aliphatic rings. The number of aromatic nitrogens is 2. The van der Waals surface area contributed by atoms with Crippen LogP contribution in [0.15, 0.2) is 12.4 Å². The van der Waals surface area contributed by atoms with E-state index in [-0.39, 0.29) is 18.0 Å². The van der Waals surface area contributed by atoms with Crippen LogP contribution in [0.2, 0.25) is 0 Å². The number of imidazole rings is 1. The van der Waals surface area contributed by atoms with Gasteiger partial charge < -0.3 is 15.0 Å². The Morgan fingerprint density at radius 3 is 2.58 bits per heavy atom. The van der Waals surface area contributed by atoms with Gasteiger partial charge in [-0.15, -0.1) is 0 Å². The second kappa shape index (κ2) is 6.97. The van der Waals surface area contributed by atoms with Crippen molar-refractivity contribution in [2.75, 3.05) is 6.54 Å². The van der Waals surface area contributed by atoms with Crippen molar-refractivity contribution in [1.29, 1.82) is 0 Å². The summed E-state index contributed by atoms with van der Waals surface area (Å²) in [5.74, 6) is 1.50. The molecule has 1 saturated carbocycles. The van der Waals surface area contributed by atoms with Crippen molar-refractivity contribution >= 4 is 5.91 Å². The van der Waals surface area contributed by atoms with Crippen LogP contribution in [0.4, 0.5) is 0 Å². The predicted octanol–water partition coefficient (Wildman–Crippen LogP) is 1.93. The molecule has 2 aliphatic heterocycles. The van der Waals surface area contributed by atoms with E-state index in [1.165, 1.54) is 19.3 Å². The molecule has 4 unspecified atom stereocenters. The first-order valence-corrected chi connectivity index (χ1v) is 10.2. The van der Waals surface area contributed by atoms with Gasteiger partial charge in [-0.3, -0.25) is 9.69 Å². The van der Waals surface area contributed by atoms with Gasteiger partial charge >= 0.3 is 0 Å². The van der Waals surface area contributed by atoms with Crippen molar-refractivity contribution in [3.8, 4) is 0 Å². The molecule has 0 radical (unpaired) electrons. The number of aryl methyl sites for hydroxylation is 1. The Hall–Kier alpha value is -1.40. The summed E-state index contributed by atoms with van der Waals surface area (Å²) in [6.07, 6.45) is 11.9. The minimum atomic E-state index is -0.866. The number of aliphatic hydroxyl groups is 1. The average molecular weight is 361 g/mol. The fraction of sp³-hybridized carbons (Fsp3) is 0.800. The molecule has 1 aromatic heterocycles. The predicted molar refractivity (Wildman–Crippen MR) is 99.4 cm³/mol. The third kappa shape index (κ3) is 3.29. The molecule has 2 N–H and O–H groups in total. The lowest BCUT2D eigenvalue weighted by atomic mass is 9.85. The minimum Gasteiger partial charge on any atom is -0.382 e. The van der Waals surface area contributed by atoms with Crippen molar-refractivity contribution in [3.05, 3.63) is 18.2 Å². The SMILES string of the molecule is CC1CCCCC1NC(=O)CN1C2CCC1CC(O)(c1nccn1C)C2. The van der Waals surface area contributed by atoms with E-state index in [1.807, 2.05) is 17.8 Å². The van der Waals surface area contributed by atoms with Crippen LogP contribution >= 0.6 is 0 Å². The van der Waals surface area contributed by atoms with Gasteiger partial charge in [0, 0.05) is 37.6 Å². The maximum atomic E-state index is 12.7. The Labute approximate surface area is 156 Å². The number of fused-ring (bicyclic) bond motifs is 2. The lowest BCUT2D eigenvalue weighted by Crippen LogP contribution is -2.54. The lowest BCUT2D eigenvalue weighted by molar-refractivity contribution is -0.127. The number of carbonyl (C=O) groups excluding carboxylic acids is 1. The summed E-state index contributed by atoms with van der Waals surface area (Å²) in [4.78, 5) is 19.4. The van der Waals surface area contributed by atoms with E-state index in [2.05, 4.69) is 22.1 Å². The molecular formula is C20H32N4O2. The molecule has 3 heterocycles. The Balaban J connectivity index is 1.39. The molecule has 2 saturated heterocycles. The smallest absolute Gasteiger partial charge is 0.234 e. The van der Waals surface area contributed by atoms with Crippen LogP contribution in [0.1, 0.15) is 64.1 Å². The maximum absolute atomic E-state index is 12.7. The van der Waals surface area contributed by atoms with E-state index < -0.39 is 5.60 Å². The topological polar surface area (TPSA) is 70.4 Å². The summed E-state index contributed by atoms with van der Waals surface area (Å²) < 4.78 is 1.92. The second-order valence-corrected chi connectivity index (χ2v) is 8.79. The van der Waals surface area contributed by atoms with E-state index in [0.29, 0.717) is 31.3 Å². The van der Waals surface area contributed by atoms with Crippen molar-refractivity contribution in [3.63, 3.8) is 0 Å². The fourth-order valence-electron chi connectivity index (χ4n) is 5.52. The average Bonchev–Trinajstić information content (AvgIpc) is 3.13. The van der Waals surface area contributed by atoms with Gasteiger partial charge in [-0.1, -0.05) is 19.8 Å². The standard InChI is InChI=1S/C20H32N4O2/c1-14-5-3-4-6-17(14)22-18(25)13-24-15-7-8-16(24)12-20(26,11-15)19-21-9-10-23(19)2/h9-10,14-17,26H,3-8,11-13H2,1-2H3,(H,22,25). The van der Waals surface area contributed by atoms with Crippen LogP contribution in [-0.2, 0) is 17.4 Å². The summed E-state index contributed by atoms with van der Waals surface area (Å²) in [7, 11) is 1.94. The summed E-state index contributed by atoms with van der Waals surface area (Å²) in [5.41, 5.74) is -0.866. The van der Waals surface area contributed by atoms with E-state index in [0.717, 1.165) is 25.1 Å². The van der Waals surface area contributed by atoms with Gasteiger partial charge in [0.05, 0.1) is 6.54 Å². The molecule has 1 amide bonds. The summed E-state index contributed by atoms with van der Waals surface area (Å²) in [6.45, 7) is 2.72. The molecule has 6 heteroatoms. The van der Waals surface area contributed by atoms with E-state index in [4.69, 9.17) is 0 Å². The van der Waals surface area contributed by atoms with E-state index in [9.17, 15) is 9.90 Å². The highest BCUT2D eigenvalue weighted by molar-refractivity contribution is 5.78. The van der Waals surface area contributed by atoms with E-state index >= 15 is 0 Å². The largest absolute Gasteiger partial charge is 0.382 e. The Kier molecular flexibility index (Phi) is 4.82. The summed E-state index contributed by atoms with van der Waals surface area (Å²) >= 11 is 0. The van der Waals surface area contributed by atoms with Crippen LogP contribution in [0.3, 0.4) is 0 Å². The maximum Gasteiger partial charge on any atom is 0.234 e. The number of carbonyl (C=O) groups is 1. The number of hydrogen-bond donors (Lipinski definition) is 2. The molecule has 0 spiro atoms. The van der Waals surface area contributed by atoms with Gasteiger partial charge in [0.15, 0.2) is 0 Å². The van der Waals surface area contributed by atoms with Gasteiger partial charge in [-0.2, -0.15) is 0 Å². The molecule has 3 fully saturated rings. The second-order valence-electron chi connectivity index (χ2n) is 8.79. The number of nitrogens with zero attached hydrogens (tertiary/aromatic N) is 3. The monoisotopic (exact) mass is 360 g/mol. The van der Waals surface area contributed by atoms with Crippen molar-refractivity contribution in [2.24, 2.45) is 13.0 Å². The zero-order valence-corrected chi connectivity index (χ0v) is 16.0. The Morgan fingerprint density at radius 1 is 1.27 bits per heavy atom. The number of piperidine rings is 1. The zero-order valence-electron chi connectivity index (χ0n) is 16.0. The summed E-state index contributed by atoms with van der Waals surface area (Å²) in [6, 6.07) is 0.873. The molecule has 26 heavy (non-hydrogen) atoms. The molecule has 1 aliphatic carbocycles. The summed E-state index contributed by atoms with van der Waals surface area (Å²) in [5, 5.41) is 14.5. The van der Waals surface area contributed by atoms with Crippen LogP contribution in [0, 0.1) is 5.92 Å². The first-order chi connectivity index (χ1) is 12.5. The normalized spacial score (nSPS) is 37.7. The quantitative estimate of drug-likeness (QED) is 0.861. The zero-order chi connectivity index (χ0) is 18.3. The van der Waals surface area contributed by atoms with Crippen LogP contribution in [0.5, 0.6) is 0 Å². The van der Waals surface area contributed by atoms with Crippen molar-refractivity contribution in [2.45, 2.75) is 82.0 Å². The minimum absolute atomic E-state index is 0.156. The molecule has 1 aromatic rings. The van der Waals surface area contributed by atoms with Gasteiger partial charge in [0.1, 0.15) is 11.4 Å². The number of rotatable bonds is 4. The highest BCUT2D eigenvalue weighted by Gasteiger charge is 2.50. The molecule has 144 valence electrons. The Bertz CT molecular complexity index is 644. The van der Waals surface area contributed by atoms with Crippen LogP contribution in [-0.4, -0.2) is 50.1 Å². The highest BCUT2D eigenvalue weighted by Crippen LogP contribution is 2.44. The number of amides is 1. The first-order valence-electron chi connectivity index (χ1n) is 10.2. The third-order valence-corrected chi connectivity index (χ3v) is 6.94. The molecule has 6 nitrogen and oxygen atoms in total. The Morgan fingerprint density at radius 2 is 1.96 bits per heavy atom. The molecule has 0 aromatic carbocycles. The van der Waals surface area contributed by atoms with Crippen molar-refractivity contribution in [1.82, 2.24) is 19.8 Å². The molecule has 2 bridgehead atoms. The number of nitrogens with one attached hydrogen (secondary N) is 1. The van der Waals surface area contributed by atoms with Crippen LogP contribution < -0.4 is 5.32 Å². The highest BCUT2D eigenvalue weighted by atomic mass is 16.3. The third-order valence-electron chi connectivity index (χ3n) is 6.94. The van der Waals surface area contributed by atoms with Gasteiger partial charge in [-0.25, -0.2) is 4.98 Å². The van der Waals surface area contributed by atoms with Crippen LogP contribution in [0.25, 0.3) is 0 Å². The lowest BCUT2D eigenvalue weighted by Gasteiger charge is -2.43. The van der Waals surface area contributed by atoms with Crippen molar-refractivity contribution < 1.29 is 9.90 Å². The molecule has 4 atom stereocenters. The molecule has 4 rings (SSSR count). The first kappa shape index (κ1) is 18.0. The number of hydrogen-bond acceptors (Lipinski definition) is 4. The fourth-order valence-corrected chi connectivity index (χ4v) is 5.52. The van der Waals surface area contributed by atoms with E-state index in [1.54, 1.807) is 6.20 Å².